The zero-order valence-corrected chi connectivity index (χ0v) is 18.8. The highest BCUT2D eigenvalue weighted by molar-refractivity contribution is 6.07. The Morgan fingerprint density at radius 2 is 1.78 bits per heavy atom. The third-order valence-corrected chi connectivity index (χ3v) is 6.57. The molecule has 3 amide bonds. The van der Waals surface area contributed by atoms with Gasteiger partial charge in [0.05, 0.1) is 33.1 Å². The average Bonchev–Trinajstić information content (AvgIpc) is 3.39. The minimum absolute atomic E-state index is 0.0908. The van der Waals surface area contributed by atoms with E-state index in [-0.39, 0.29) is 18.5 Å². The van der Waals surface area contributed by atoms with Gasteiger partial charge in [0.1, 0.15) is 17.0 Å². The molecule has 0 radical (unpaired) electrons. The van der Waals surface area contributed by atoms with Crippen molar-refractivity contribution in [3.63, 3.8) is 0 Å². The van der Waals surface area contributed by atoms with Crippen molar-refractivity contribution in [1.82, 2.24) is 14.7 Å². The number of methoxy groups -OCH3 is 2. The summed E-state index contributed by atoms with van der Waals surface area (Å²) in [5.74, 6) is 1.62. The normalized spacial score (nSPS) is 18.7. The van der Waals surface area contributed by atoms with Crippen LogP contribution in [0.25, 0.3) is 0 Å². The van der Waals surface area contributed by atoms with Crippen LogP contribution in [0.4, 0.5) is 4.79 Å². The smallest absolute Gasteiger partial charge is 0.327 e. The van der Waals surface area contributed by atoms with E-state index in [0.717, 1.165) is 30.2 Å². The summed E-state index contributed by atoms with van der Waals surface area (Å²) in [5.41, 5.74) is 0.323. The molecule has 172 valence electrons. The topological polar surface area (TPSA) is 75.5 Å². The first-order valence-electron chi connectivity index (χ1n) is 11.1. The molecule has 2 aliphatic heterocycles. The Balaban J connectivity index is 1.48. The van der Waals surface area contributed by atoms with Crippen LogP contribution in [0.3, 0.4) is 0 Å². The fourth-order valence-electron chi connectivity index (χ4n) is 4.69. The quantitative estimate of drug-likeness (QED) is 0.557. The fraction of sp³-hybridized carbons (Fsp3) is 0.500. The lowest BCUT2D eigenvalue weighted by Gasteiger charge is -2.42. The third kappa shape index (κ3) is 4.38. The molecule has 32 heavy (non-hydrogen) atoms. The average molecular weight is 442 g/mol. The second kappa shape index (κ2) is 9.75. The molecule has 2 fully saturated rings. The number of benzene rings is 1. The lowest BCUT2D eigenvalue weighted by molar-refractivity contribution is -0.136. The van der Waals surface area contributed by atoms with Crippen LogP contribution in [0.5, 0.6) is 5.75 Å². The maximum Gasteiger partial charge on any atom is 0.327 e. The highest BCUT2D eigenvalue weighted by Gasteiger charge is 2.57. The number of imide groups is 1. The van der Waals surface area contributed by atoms with Gasteiger partial charge in [-0.25, -0.2) is 4.79 Å². The molecule has 1 aromatic heterocycles. The first kappa shape index (κ1) is 22.4. The number of nitrogens with zero attached hydrogens (tertiary/aromatic N) is 3. The van der Waals surface area contributed by atoms with Gasteiger partial charge in [0, 0.05) is 26.7 Å². The van der Waals surface area contributed by atoms with E-state index in [1.807, 2.05) is 36.4 Å². The molecular formula is C24H31N3O5. The molecule has 2 aromatic rings. The molecule has 0 aliphatic carbocycles. The van der Waals surface area contributed by atoms with E-state index in [1.165, 1.54) is 4.90 Å². The number of likely N-dealkylation sites (tertiary alicyclic amines) is 1. The number of carbonyl (C=O) groups excluding carboxylic acids is 2. The number of furan rings is 1. The number of piperidine rings is 1. The summed E-state index contributed by atoms with van der Waals surface area (Å²) in [4.78, 5) is 32.2. The molecule has 8 nitrogen and oxygen atoms in total. The molecule has 0 N–H and O–H groups in total. The Kier molecular flexibility index (Phi) is 6.81. The summed E-state index contributed by atoms with van der Waals surface area (Å²) >= 11 is 0. The molecule has 2 aliphatic rings. The van der Waals surface area contributed by atoms with Crippen LogP contribution in [-0.4, -0.2) is 79.2 Å². The van der Waals surface area contributed by atoms with Crippen molar-refractivity contribution in [2.45, 2.75) is 31.3 Å². The Bertz CT molecular complexity index is 904. The molecule has 3 heterocycles. The number of urea groups is 1. The summed E-state index contributed by atoms with van der Waals surface area (Å²) < 4.78 is 15.8. The van der Waals surface area contributed by atoms with Crippen molar-refractivity contribution >= 4 is 11.9 Å². The van der Waals surface area contributed by atoms with E-state index in [4.69, 9.17) is 13.9 Å². The molecule has 1 aromatic carbocycles. The molecule has 4 rings (SSSR count). The van der Waals surface area contributed by atoms with Crippen LogP contribution in [0, 0.1) is 0 Å². The van der Waals surface area contributed by atoms with Gasteiger partial charge >= 0.3 is 6.03 Å². The van der Waals surface area contributed by atoms with Gasteiger partial charge in [0.15, 0.2) is 0 Å². The van der Waals surface area contributed by atoms with E-state index in [9.17, 15) is 9.59 Å². The van der Waals surface area contributed by atoms with Gasteiger partial charge in [-0.05, 0) is 49.1 Å². The number of hydrogen-bond donors (Lipinski definition) is 0. The Hall–Kier alpha value is -2.84. The number of carbonyl (C=O) groups is 2. The molecule has 2 saturated heterocycles. The molecule has 0 saturated carbocycles. The largest absolute Gasteiger partial charge is 0.497 e. The summed E-state index contributed by atoms with van der Waals surface area (Å²) in [5, 5.41) is 0. The van der Waals surface area contributed by atoms with E-state index in [2.05, 4.69) is 4.90 Å². The second-order valence-electron chi connectivity index (χ2n) is 8.37. The van der Waals surface area contributed by atoms with E-state index in [0.29, 0.717) is 39.0 Å². The molecule has 0 unspecified atom stereocenters. The van der Waals surface area contributed by atoms with Crippen molar-refractivity contribution in [3.8, 4) is 5.75 Å². The number of rotatable bonds is 9. The SMILES string of the molecule is COCCN1C(=O)N(CCc2ccc(OC)cc2)C2(CCN(Cc3ccco3)CC2)C1=O. The van der Waals surface area contributed by atoms with Gasteiger partial charge in [0.2, 0.25) is 0 Å². The molecule has 0 atom stereocenters. The lowest BCUT2D eigenvalue weighted by Crippen LogP contribution is -2.56. The van der Waals surface area contributed by atoms with Crippen LogP contribution >= 0.6 is 0 Å². The first-order chi connectivity index (χ1) is 15.6. The Labute approximate surface area is 188 Å². The maximum absolute atomic E-state index is 13.5. The van der Waals surface area contributed by atoms with Crippen LogP contribution < -0.4 is 4.74 Å². The zero-order valence-electron chi connectivity index (χ0n) is 18.8. The standard InChI is InChI=1S/C24H31N3O5/c1-30-17-15-26-22(28)24(10-13-25(14-11-24)18-21-4-3-16-32-21)27(23(26)29)12-9-19-5-7-20(31-2)8-6-19/h3-8,16H,9-15,17-18H2,1-2H3. The molecule has 8 heteroatoms. The Morgan fingerprint density at radius 3 is 2.41 bits per heavy atom. The minimum atomic E-state index is -0.781. The van der Waals surface area contributed by atoms with Crippen LogP contribution in [0.1, 0.15) is 24.2 Å². The molecule has 0 bridgehead atoms. The Morgan fingerprint density at radius 1 is 1.03 bits per heavy atom. The molecule has 1 spiro atoms. The minimum Gasteiger partial charge on any atom is -0.497 e. The predicted octanol–water partition coefficient (Wildman–Crippen LogP) is 2.78. The summed E-state index contributed by atoms with van der Waals surface area (Å²) in [6.45, 7) is 3.30. The second-order valence-corrected chi connectivity index (χ2v) is 8.37. The van der Waals surface area contributed by atoms with Crippen molar-refractivity contribution in [2.24, 2.45) is 0 Å². The van der Waals surface area contributed by atoms with E-state index in [1.54, 1.807) is 25.4 Å². The van der Waals surface area contributed by atoms with Crippen molar-refractivity contribution in [2.75, 3.05) is 47.0 Å². The number of amides is 3. The summed E-state index contributed by atoms with van der Waals surface area (Å²) in [6, 6.07) is 11.5. The highest BCUT2D eigenvalue weighted by Crippen LogP contribution is 2.37. The van der Waals surface area contributed by atoms with E-state index >= 15 is 0 Å². The van der Waals surface area contributed by atoms with Gasteiger partial charge in [-0.2, -0.15) is 0 Å². The first-order valence-corrected chi connectivity index (χ1v) is 11.1. The zero-order chi connectivity index (χ0) is 22.6. The third-order valence-electron chi connectivity index (χ3n) is 6.57. The van der Waals surface area contributed by atoms with Crippen LogP contribution in [-0.2, 0) is 22.5 Å². The predicted molar refractivity (Wildman–Crippen MR) is 118 cm³/mol. The number of hydrogen-bond acceptors (Lipinski definition) is 6. The van der Waals surface area contributed by atoms with Gasteiger partial charge < -0.3 is 18.8 Å². The summed E-state index contributed by atoms with van der Waals surface area (Å²) in [6.07, 6.45) is 3.59. The van der Waals surface area contributed by atoms with E-state index < -0.39 is 5.54 Å². The number of ether oxygens (including phenoxy) is 2. The van der Waals surface area contributed by atoms with Crippen LogP contribution in [0.2, 0.25) is 0 Å². The molecular weight excluding hydrogens is 410 g/mol. The van der Waals surface area contributed by atoms with Crippen molar-refractivity contribution < 1.29 is 23.5 Å². The van der Waals surface area contributed by atoms with Crippen LogP contribution in [0.15, 0.2) is 47.1 Å². The monoisotopic (exact) mass is 441 g/mol. The van der Waals surface area contributed by atoms with Gasteiger partial charge in [-0.15, -0.1) is 0 Å². The van der Waals surface area contributed by atoms with Crippen molar-refractivity contribution in [3.05, 3.63) is 54.0 Å². The van der Waals surface area contributed by atoms with Gasteiger partial charge in [-0.1, -0.05) is 12.1 Å². The summed E-state index contributed by atoms with van der Waals surface area (Å²) in [7, 11) is 3.22. The van der Waals surface area contributed by atoms with Crippen molar-refractivity contribution in [1.29, 1.82) is 0 Å². The fourth-order valence-corrected chi connectivity index (χ4v) is 4.69. The lowest BCUT2D eigenvalue weighted by atomic mass is 9.85. The van der Waals surface area contributed by atoms with Gasteiger partial charge in [0.25, 0.3) is 5.91 Å². The highest BCUT2D eigenvalue weighted by atomic mass is 16.5. The van der Waals surface area contributed by atoms with Gasteiger partial charge in [-0.3, -0.25) is 14.6 Å². The maximum atomic E-state index is 13.5.